The molecule has 2 rings (SSSR count). The van der Waals surface area contributed by atoms with Crippen molar-refractivity contribution in [3.05, 3.63) is 28.7 Å². The van der Waals surface area contributed by atoms with Crippen molar-refractivity contribution in [2.45, 2.75) is 17.7 Å². The third kappa shape index (κ3) is 3.98. The van der Waals surface area contributed by atoms with Crippen LogP contribution in [0.5, 0.6) is 0 Å². The molecule has 1 heterocycles. The lowest BCUT2D eigenvalue weighted by Crippen LogP contribution is -2.33. The van der Waals surface area contributed by atoms with Gasteiger partial charge in [0, 0.05) is 33.7 Å². The van der Waals surface area contributed by atoms with Crippen LogP contribution in [0, 0.1) is 5.41 Å². The lowest BCUT2D eigenvalue weighted by atomic mass is 9.85. The van der Waals surface area contributed by atoms with Gasteiger partial charge < -0.3 is 4.74 Å². The van der Waals surface area contributed by atoms with Crippen molar-refractivity contribution in [2.75, 3.05) is 24.3 Å². The Morgan fingerprint density at radius 2 is 2.06 bits per heavy atom. The van der Waals surface area contributed by atoms with Gasteiger partial charge in [0.15, 0.2) is 0 Å². The number of ether oxygens (including phenoxy) is 1. The van der Waals surface area contributed by atoms with Crippen LogP contribution in [0.25, 0.3) is 0 Å². The highest BCUT2D eigenvalue weighted by Crippen LogP contribution is 2.38. The zero-order valence-electron chi connectivity index (χ0n) is 9.62. The Hall–Kier alpha value is 0.490. The monoisotopic (exact) mass is 378 g/mol. The highest BCUT2D eigenvalue weighted by molar-refractivity contribution is 9.10. The summed E-state index contributed by atoms with van der Waals surface area (Å²) in [5, 5.41) is 1.07. The van der Waals surface area contributed by atoms with E-state index in [-0.39, 0.29) is 0 Å². The molecule has 1 saturated heterocycles. The molecule has 0 spiro atoms. The van der Waals surface area contributed by atoms with Crippen LogP contribution in [-0.4, -0.2) is 24.3 Å². The van der Waals surface area contributed by atoms with E-state index in [1.165, 1.54) is 17.7 Å². The van der Waals surface area contributed by atoms with E-state index in [1.807, 2.05) is 11.8 Å². The van der Waals surface area contributed by atoms with Crippen LogP contribution in [0.2, 0.25) is 0 Å². The minimum atomic E-state index is 0.408. The summed E-state index contributed by atoms with van der Waals surface area (Å²) in [4.78, 5) is 1.34. The summed E-state index contributed by atoms with van der Waals surface area (Å²) < 4.78 is 6.62. The van der Waals surface area contributed by atoms with E-state index in [9.17, 15) is 0 Å². The first-order valence-electron chi connectivity index (χ1n) is 5.76. The van der Waals surface area contributed by atoms with Gasteiger partial charge in [-0.1, -0.05) is 37.9 Å². The van der Waals surface area contributed by atoms with Crippen LogP contribution in [0.4, 0.5) is 0 Å². The van der Waals surface area contributed by atoms with Crippen molar-refractivity contribution < 1.29 is 4.74 Å². The third-order valence-electron chi connectivity index (χ3n) is 3.18. The number of rotatable bonds is 4. The fourth-order valence-corrected chi connectivity index (χ4v) is 4.74. The summed E-state index contributed by atoms with van der Waals surface area (Å²) in [7, 11) is 0. The summed E-state index contributed by atoms with van der Waals surface area (Å²) in [6.07, 6.45) is 2.33. The maximum absolute atomic E-state index is 5.46. The molecule has 1 aliphatic rings. The molecule has 1 nitrogen and oxygen atoms in total. The van der Waals surface area contributed by atoms with Gasteiger partial charge in [-0.05, 0) is 36.5 Å². The van der Waals surface area contributed by atoms with Crippen LogP contribution in [0.1, 0.15) is 12.8 Å². The molecule has 1 aromatic carbocycles. The first kappa shape index (κ1) is 13.9. The van der Waals surface area contributed by atoms with Gasteiger partial charge in [0.1, 0.15) is 0 Å². The molecule has 0 bridgehead atoms. The van der Waals surface area contributed by atoms with E-state index in [1.54, 1.807) is 0 Å². The molecule has 94 valence electrons. The standard InChI is InChI=1S/C13H16Br2OS/c14-9-13(4-6-16-7-5-13)10-17-12-3-1-2-11(15)8-12/h1-3,8H,4-7,9-10H2. The minimum absolute atomic E-state index is 0.408. The Bertz CT molecular complexity index is 364. The van der Waals surface area contributed by atoms with Gasteiger partial charge in [0.25, 0.3) is 0 Å². The van der Waals surface area contributed by atoms with Crippen LogP contribution in [-0.2, 0) is 4.74 Å². The molecule has 1 aromatic rings. The van der Waals surface area contributed by atoms with Crippen LogP contribution in [0.15, 0.2) is 33.6 Å². The van der Waals surface area contributed by atoms with E-state index in [0.29, 0.717) is 5.41 Å². The van der Waals surface area contributed by atoms with E-state index in [4.69, 9.17) is 4.74 Å². The lowest BCUT2D eigenvalue weighted by Gasteiger charge is -2.35. The largest absolute Gasteiger partial charge is 0.381 e. The molecule has 0 saturated carbocycles. The molecule has 0 radical (unpaired) electrons. The first-order valence-corrected chi connectivity index (χ1v) is 8.66. The van der Waals surface area contributed by atoms with Crippen LogP contribution >= 0.6 is 43.6 Å². The minimum Gasteiger partial charge on any atom is -0.381 e. The summed E-state index contributed by atoms with van der Waals surface area (Å²) in [6, 6.07) is 8.53. The predicted molar refractivity (Wildman–Crippen MR) is 81.1 cm³/mol. The second-order valence-electron chi connectivity index (χ2n) is 4.49. The molecule has 17 heavy (non-hydrogen) atoms. The normalized spacial score (nSPS) is 19.2. The first-order chi connectivity index (χ1) is 8.24. The Morgan fingerprint density at radius 1 is 1.29 bits per heavy atom. The summed E-state index contributed by atoms with van der Waals surface area (Å²) in [5.41, 5.74) is 0.408. The fourth-order valence-electron chi connectivity index (χ4n) is 1.91. The van der Waals surface area contributed by atoms with Crippen molar-refractivity contribution in [1.82, 2.24) is 0 Å². The van der Waals surface area contributed by atoms with Gasteiger partial charge in [-0.15, -0.1) is 11.8 Å². The zero-order chi connectivity index (χ0) is 12.1. The quantitative estimate of drug-likeness (QED) is 0.552. The molecule has 0 unspecified atom stereocenters. The van der Waals surface area contributed by atoms with E-state index >= 15 is 0 Å². The predicted octanol–water partition coefficient (Wildman–Crippen LogP) is 4.73. The van der Waals surface area contributed by atoms with E-state index in [2.05, 4.69) is 56.1 Å². The highest BCUT2D eigenvalue weighted by atomic mass is 79.9. The summed E-state index contributed by atoms with van der Waals surface area (Å²) in [5.74, 6) is 1.16. The number of benzene rings is 1. The Balaban J connectivity index is 1.95. The van der Waals surface area contributed by atoms with Crippen LogP contribution in [0.3, 0.4) is 0 Å². The Labute approximate surface area is 124 Å². The molecular formula is C13H16Br2OS. The van der Waals surface area contributed by atoms with E-state index < -0.39 is 0 Å². The molecule has 4 heteroatoms. The van der Waals surface area contributed by atoms with Crippen LogP contribution < -0.4 is 0 Å². The van der Waals surface area contributed by atoms with Crippen molar-refractivity contribution in [3.63, 3.8) is 0 Å². The second kappa shape index (κ2) is 6.60. The number of hydrogen-bond acceptors (Lipinski definition) is 2. The lowest BCUT2D eigenvalue weighted by molar-refractivity contribution is 0.0374. The average molecular weight is 380 g/mol. The molecule has 0 aliphatic carbocycles. The fraction of sp³-hybridized carbons (Fsp3) is 0.538. The number of halogens is 2. The molecule has 0 atom stereocenters. The van der Waals surface area contributed by atoms with Crippen molar-refractivity contribution in [2.24, 2.45) is 5.41 Å². The highest BCUT2D eigenvalue weighted by Gasteiger charge is 2.31. The third-order valence-corrected chi connectivity index (χ3v) is 6.20. The van der Waals surface area contributed by atoms with Gasteiger partial charge in [0.2, 0.25) is 0 Å². The molecule has 0 N–H and O–H groups in total. The van der Waals surface area contributed by atoms with Crippen molar-refractivity contribution in [1.29, 1.82) is 0 Å². The molecule has 1 fully saturated rings. The summed E-state index contributed by atoms with van der Waals surface area (Å²) >= 11 is 9.14. The second-order valence-corrected chi connectivity index (χ2v) is 7.02. The maximum Gasteiger partial charge on any atom is 0.0471 e. The summed E-state index contributed by atoms with van der Waals surface area (Å²) in [6.45, 7) is 1.81. The van der Waals surface area contributed by atoms with E-state index in [0.717, 1.165) is 28.8 Å². The van der Waals surface area contributed by atoms with Crippen molar-refractivity contribution >= 4 is 43.6 Å². The van der Waals surface area contributed by atoms with Crippen molar-refractivity contribution in [3.8, 4) is 0 Å². The molecular weight excluding hydrogens is 364 g/mol. The van der Waals surface area contributed by atoms with Gasteiger partial charge in [0.05, 0.1) is 0 Å². The smallest absolute Gasteiger partial charge is 0.0471 e. The SMILES string of the molecule is BrCC1(CSc2cccc(Br)c2)CCOCC1. The Kier molecular flexibility index (Phi) is 5.40. The molecule has 1 aliphatic heterocycles. The number of hydrogen-bond donors (Lipinski definition) is 0. The zero-order valence-corrected chi connectivity index (χ0v) is 13.6. The van der Waals surface area contributed by atoms with Gasteiger partial charge in [-0.3, -0.25) is 0 Å². The number of thioether (sulfide) groups is 1. The maximum atomic E-state index is 5.46. The van der Waals surface area contributed by atoms with Gasteiger partial charge in [-0.2, -0.15) is 0 Å². The van der Waals surface area contributed by atoms with Gasteiger partial charge >= 0.3 is 0 Å². The molecule has 0 aromatic heterocycles. The number of alkyl halides is 1. The Morgan fingerprint density at radius 3 is 2.71 bits per heavy atom. The topological polar surface area (TPSA) is 9.23 Å². The molecule has 0 amide bonds. The van der Waals surface area contributed by atoms with Gasteiger partial charge in [-0.25, -0.2) is 0 Å². The average Bonchev–Trinajstić information content (AvgIpc) is 2.38.